The number of carbonyl (C=O) groups excluding carboxylic acids is 1. The number of likely N-dealkylation sites (tertiary alicyclic amines) is 1. The van der Waals surface area contributed by atoms with Crippen LogP contribution in [0.15, 0.2) is 29.3 Å². The number of amides is 1. The van der Waals surface area contributed by atoms with Gasteiger partial charge in [-0.3, -0.25) is 4.79 Å². The smallest absolute Gasteiger partial charge is 0.225 e. The van der Waals surface area contributed by atoms with E-state index in [4.69, 9.17) is 4.99 Å². The average molecular weight is 516 g/mol. The summed E-state index contributed by atoms with van der Waals surface area (Å²) in [6, 6.07) is 8.14. The molecule has 1 aliphatic heterocycles. The fraction of sp³-hybridized carbons (Fsp3) is 0.636. The number of hydrogen-bond acceptors (Lipinski definition) is 3. The molecule has 6 nitrogen and oxygen atoms in total. The van der Waals surface area contributed by atoms with Crippen molar-refractivity contribution in [2.45, 2.75) is 65.6 Å². The van der Waals surface area contributed by atoms with Crippen LogP contribution in [-0.4, -0.2) is 47.5 Å². The van der Waals surface area contributed by atoms with E-state index in [0.29, 0.717) is 18.5 Å². The summed E-state index contributed by atoms with van der Waals surface area (Å²) in [6.45, 7) is 9.19. The molecule has 0 bridgehead atoms. The Balaban J connectivity index is 0.00000420. The molecule has 1 aromatic rings. The molecule has 1 heterocycles. The molecule has 1 saturated heterocycles. The summed E-state index contributed by atoms with van der Waals surface area (Å²) in [5.74, 6) is 1.26. The summed E-state index contributed by atoms with van der Waals surface area (Å²) in [4.78, 5) is 19.3. The molecule has 164 valence electrons. The van der Waals surface area contributed by atoms with E-state index in [1.807, 2.05) is 29.2 Å². The third kappa shape index (κ3) is 7.77. The van der Waals surface area contributed by atoms with Gasteiger partial charge in [0.25, 0.3) is 0 Å². The van der Waals surface area contributed by atoms with Crippen LogP contribution in [0.4, 0.5) is 0 Å². The molecule has 0 spiro atoms. The molecule has 1 aromatic carbocycles. The van der Waals surface area contributed by atoms with E-state index in [1.54, 1.807) is 0 Å². The minimum atomic E-state index is 0. The van der Waals surface area contributed by atoms with Gasteiger partial charge in [-0.25, -0.2) is 4.99 Å². The number of hydrogen-bond donors (Lipinski definition) is 3. The lowest BCUT2D eigenvalue weighted by atomic mass is 9.98. The maximum Gasteiger partial charge on any atom is 0.225 e. The van der Waals surface area contributed by atoms with Crippen LogP contribution in [0.5, 0.6) is 0 Å². The van der Waals surface area contributed by atoms with Crippen LogP contribution in [0, 0.1) is 5.92 Å². The second-order valence-corrected chi connectivity index (χ2v) is 7.38. The van der Waals surface area contributed by atoms with E-state index in [-0.39, 0.29) is 36.5 Å². The molecule has 3 N–H and O–H groups in total. The summed E-state index contributed by atoms with van der Waals surface area (Å²) >= 11 is 0. The Morgan fingerprint density at radius 2 is 1.79 bits per heavy atom. The number of aliphatic hydroxyl groups excluding tert-OH is 1. The summed E-state index contributed by atoms with van der Waals surface area (Å²) in [5, 5.41) is 16.3. The predicted molar refractivity (Wildman–Crippen MR) is 129 cm³/mol. The highest BCUT2D eigenvalue weighted by molar-refractivity contribution is 14.0. The van der Waals surface area contributed by atoms with Gasteiger partial charge in [0.2, 0.25) is 5.91 Å². The maximum absolute atomic E-state index is 12.6. The minimum absolute atomic E-state index is 0. The molecule has 0 saturated carbocycles. The molecule has 0 aliphatic carbocycles. The normalized spacial score (nSPS) is 15.2. The van der Waals surface area contributed by atoms with Gasteiger partial charge in [0.15, 0.2) is 5.96 Å². The highest BCUT2D eigenvalue weighted by Crippen LogP contribution is 2.17. The Hall–Kier alpha value is -1.35. The summed E-state index contributed by atoms with van der Waals surface area (Å²) in [7, 11) is 0. The van der Waals surface area contributed by atoms with Crippen LogP contribution in [0.25, 0.3) is 0 Å². The van der Waals surface area contributed by atoms with E-state index in [0.717, 1.165) is 62.4 Å². The zero-order chi connectivity index (χ0) is 20.4. The van der Waals surface area contributed by atoms with Gasteiger partial charge in [-0.15, -0.1) is 24.0 Å². The van der Waals surface area contributed by atoms with Crippen LogP contribution >= 0.6 is 24.0 Å². The predicted octanol–water partition coefficient (Wildman–Crippen LogP) is 3.28. The second kappa shape index (κ2) is 13.8. The van der Waals surface area contributed by atoms with Crippen LogP contribution in [-0.2, 0) is 17.9 Å². The first-order valence-corrected chi connectivity index (χ1v) is 10.6. The van der Waals surface area contributed by atoms with Gasteiger partial charge >= 0.3 is 0 Å². The maximum atomic E-state index is 12.6. The number of nitrogens with zero attached hydrogens (tertiary/aromatic N) is 2. The Kier molecular flexibility index (Phi) is 12.2. The van der Waals surface area contributed by atoms with Crippen molar-refractivity contribution in [3.8, 4) is 0 Å². The number of aliphatic hydroxyl groups is 1. The van der Waals surface area contributed by atoms with Crippen LogP contribution in [0.1, 0.15) is 57.6 Å². The van der Waals surface area contributed by atoms with E-state index < -0.39 is 0 Å². The van der Waals surface area contributed by atoms with Crippen molar-refractivity contribution in [1.82, 2.24) is 15.5 Å². The minimum Gasteiger partial charge on any atom is -0.392 e. The number of rotatable bonds is 8. The Morgan fingerprint density at radius 3 is 2.34 bits per heavy atom. The standard InChI is InChI=1S/C22H36N4O2.HI/c1-4-17(5-2)21(28)26-13-11-20(12-14-26)25-22(23-6-3)24-15-18-9-7-8-10-19(18)16-27;/h7-10,17,20,27H,4-6,11-16H2,1-3H3,(H2,23,24,25);1H. The van der Waals surface area contributed by atoms with Gasteiger partial charge in [0, 0.05) is 31.6 Å². The van der Waals surface area contributed by atoms with Gasteiger partial charge in [0.05, 0.1) is 13.2 Å². The van der Waals surface area contributed by atoms with Crippen molar-refractivity contribution in [3.63, 3.8) is 0 Å². The van der Waals surface area contributed by atoms with Gasteiger partial charge in [-0.05, 0) is 43.7 Å². The molecular weight excluding hydrogens is 479 g/mol. The van der Waals surface area contributed by atoms with E-state index in [2.05, 4.69) is 31.4 Å². The Morgan fingerprint density at radius 1 is 1.17 bits per heavy atom. The van der Waals surface area contributed by atoms with Crippen molar-refractivity contribution in [2.24, 2.45) is 10.9 Å². The topological polar surface area (TPSA) is 77.0 Å². The van der Waals surface area contributed by atoms with Crippen molar-refractivity contribution >= 4 is 35.8 Å². The quantitative estimate of drug-likeness (QED) is 0.282. The van der Waals surface area contributed by atoms with Crippen molar-refractivity contribution in [3.05, 3.63) is 35.4 Å². The van der Waals surface area contributed by atoms with Gasteiger partial charge in [-0.2, -0.15) is 0 Å². The zero-order valence-electron chi connectivity index (χ0n) is 18.0. The number of carbonyl (C=O) groups is 1. The molecule has 1 amide bonds. The van der Waals surface area contributed by atoms with Crippen molar-refractivity contribution < 1.29 is 9.90 Å². The summed E-state index contributed by atoms with van der Waals surface area (Å²) in [6.07, 6.45) is 3.70. The fourth-order valence-electron chi connectivity index (χ4n) is 3.68. The highest BCUT2D eigenvalue weighted by Gasteiger charge is 2.26. The first-order valence-electron chi connectivity index (χ1n) is 10.6. The number of halogens is 1. The molecule has 0 radical (unpaired) electrons. The first kappa shape index (κ1) is 25.7. The van der Waals surface area contributed by atoms with E-state index in [9.17, 15) is 9.90 Å². The lowest BCUT2D eigenvalue weighted by molar-refractivity contribution is -0.136. The fourth-order valence-corrected chi connectivity index (χ4v) is 3.68. The second-order valence-electron chi connectivity index (χ2n) is 7.38. The van der Waals surface area contributed by atoms with Crippen molar-refractivity contribution in [2.75, 3.05) is 19.6 Å². The van der Waals surface area contributed by atoms with Crippen LogP contribution in [0.3, 0.4) is 0 Å². The molecule has 7 heteroatoms. The lowest BCUT2D eigenvalue weighted by Gasteiger charge is -2.34. The third-order valence-electron chi connectivity index (χ3n) is 5.52. The number of aliphatic imine (C=N–C) groups is 1. The average Bonchev–Trinajstić information content (AvgIpc) is 2.73. The molecule has 29 heavy (non-hydrogen) atoms. The third-order valence-corrected chi connectivity index (χ3v) is 5.52. The van der Waals surface area contributed by atoms with Crippen molar-refractivity contribution in [1.29, 1.82) is 0 Å². The highest BCUT2D eigenvalue weighted by atomic mass is 127. The summed E-state index contributed by atoms with van der Waals surface area (Å²) in [5.41, 5.74) is 1.95. The monoisotopic (exact) mass is 516 g/mol. The van der Waals surface area contributed by atoms with Gasteiger partial charge < -0.3 is 20.6 Å². The SMILES string of the molecule is CCNC(=NCc1ccccc1CO)NC1CCN(C(=O)C(CC)CC)CC1.I. The van der Waals surface area contributed by atoms with Gasteiger partial charge in [-0.1, -0.05) is 38.1 Å². The Labute approximate surface area is 192 Å². The zero-order valence-corrected chi connectivity index (χ0v) is 20.3. The first-order chi connectivity index (χ1) is 13.6. The largest absolute Gasteiger partial charge is 0.392 e. The molecule has 1 fully saturated rings. The summed E-state index contributed by atoms with van der Waals surface area (Å²) < 4.78 is 0. The van der Waals surface area contributed by atoms with Crippen LogP contribution in [0.2, 0.25) is 0 Å². The number of nitrogens with one attached hydrogen (secondary N) is 2. The molecule has 1 aliphatic rings. The molecule has 2 rings (SSSR count). The molecule has 0 aromatic heterocycles. The Bertz CT molecular complexity index is 641. The number of benzene rings is 1. The van der Waals surface area contributed by atoms with Gasteiger partial charge in [0.1, 0.15) is 0 Å². The molecule has 0 atom stereocenters. The van der Waals surface area contributed by atoms with E-state index in [1.165, 1.54) is 0 Å². The van der Waals surface area contributed by atoms with E-state index >= 15 is 0 Å². The molecule has 0 unspecified atom stereocenters. The number of guanidine groups is 1. The van der Waals surface area contributed by atoms with Crippen LogP contribution < -0.4 is 10.6 Å². The lowest BCUT2D eigenvalue weighted by Crippen LogP contribution is -2.50. The number of piperidine rings is 1. The molecular formula is C22H37IN4O2.